The summed E-state index contributed by atoms with van der Waals surface area (Å²) in [5.41, 5.74) is 1.04. The molecule has 0 aliphatic heterocycles. The van der Waals surface area contributed by atoms with E-state index in [2.05, 4.69) is 34.2 Å². The van der Waals surface area contributed by atoms with E-state index in [0.29, 0.717) is 0 Å². The maximum atomic E-state index is 4.57. The van der Waals surface area contributed by atoms with E-state index in [4.69, 9.17) is 0 Å². The summed E-state index contributed by atoms with van der Waals surface area (Å²) in [4.78, 5) is 11.5. The van der Waals surface area contributed by atoms with E-state index in [9.17, 15) is 0 Å². The molecule has 0 unspecified atom stereocenters. The minimum Gasteiger partial charge on any atom is -0.370 e. The molecule has 1 aliphatic carbocycles. The second-order valence-electron chi connectivity index (χ2n) is 5.19. The van der Waals surface area contributed by atoms with E-state index in [1.54, 1.807) is 0 Å². The van der Waals surface area contributed by atoms with Gasteiger partial charge in [0.25, 0.3) is 0 Å². The van der Waals surface area contributed by atoms with Crippen LogP contribution < -0.4 is 5.32 Å². The fourth-order valence-electron chi connectivity index (χ4n) is 2.67. The molecule has 1 heterocycles. The van der Waals surface area contributed by atoms with E-state index in [-0.39, 0.29) is 0 Å². The van der Waals surface area contributed by atoms with Crippen LogP contribution in [0.25, 0.3) is 0 Å². The molecule has 4 nitrogen and oxygen atoms in total. The van der Waals surface area contributed by atoms with Gasteiger partial charge < -0.3 is 5.32 Å². The van der Waals surface area contributed by atoms with Gasteiger partial charge in [-0.25, -0.2) is 9.97 Å². The Bertz CT molecular complexity index is 385. The minimum atomic E-state index is 0.719. The first kappa shape index (κ1) is 13.3. The van der Waals surface area contributed by atoms with Gasteiger partial charge in [-0.05, 0) is 33.7 Å². The largest absolute Gasteiger partial charge is 0.370 e. The predicted molar refractivity (Wildman–Crippen MR) is 74.7 cm³/mol. The first-order valence-electron chi connectivity index (χ1n) is 6.97. The SMILES string of the molecule is CCNc1cc(C)nc(CN(C)C2CCCC2)n1. The van der Waals surface area contributed by atoms with Crippen molar-refractivity contribution >= 4 is 5.82 Å². The Morgan fingerprint density at radius 1 is 1.33 bits per heavy atom. The Balaban J connectivity index is 2.03. The van der Waals surface area contributed by atoms with Crippen LogP contribution in [-0.2, 0) is 6.54 Å². The molecule has 18 heavy (non-hydrogen) atoms. The molecule has 0 spiro atoms. The molecule has 1 fully saturated rings. The van der Waals surface area contributed by atoms with Gasteiger partial charge in [-0.2, -0.15) is 0 Å². The van der Waals surface area contributed by atoms with Crippen LogP contribution >= 0.6 is 0 Å². The number of nitrogens with one attached hydrogen (secondary N) is 1. The van der Waals surface area contributed by atoms with Crippen LogP contribution in [0.1, 0.15) is 44.1 Å². The van der Waals surface area contributed by atoms with Crippen LogP contribution in [-0.4, -0.2) is 34.5 Å². The smallest absolute Gasteiger partial charge is 0.144 e. The van der Waals surface area contributed by atoms with Crippen LogP contribution in [0, 0.1) is 6.92 Å². The highest BCUT2D eigenvalue weighted by Gasteiger charge is 2.20. The molecule has 0 atom stereocenters. The van der Waals surface area contributed by atoms with E-state index in [1.807, 2.05) is 13.0 Å². The lowest BCUT2D eigenvalue weighted by molar-refractivity contribution is 0.232. The third-order valence-electron chi connectivity index (χ3n) is 3.60. The van der Waals surface area contributed by atoms with Crippen molar-refractivity contribution in [2.75, 3.05) is 18.9 Å². The molecular formula is C14H24N4. The second kappa shape index (κ2) is 6.14. The number of aryl methyl sites for hydroxylation is 1. The van der Waals surface area contributed by atoms with E-state index in [1.165, 1.54) is 25.7 Å². The number of nitrogens with zero attached hydrogens (tertiary/aromatic N) is 3. The Kier molecular flexibility index (Phi) is 4.53. The highest BCUT2D eigenvalue weighted by atomic mass is 15.2. The number of hydrogen-bond acceptors (Lipinski definition) is 4. The van der Waals surface area contributed by atoms with Crippen LogP contribution in [0.5, 0.6) is 0 Å². The number of hydrogen-bond donors (Lipinski definition) is 1. The summed E-state index contributed by atoms with van der Waals surface area (Å²) in [7, 11) is 2.19. The van der Waals surface area contributed by atoms with Crippen molar-refractivity contribution in [3.63, 3.8) is 0 Å². The van der Waals surface area contributed by atoms with Crippen molar-refractivity contribution in [3.8, 4) is 0 Å². The molecular weight excluding hydrogens is 224 g/mol. The van der Waals surface area contributed by atoms with Crippen molar-refractivity contribution in [2.45, 2.75) is 52.1 Å². The third kappa shape index (κ3) is 3.42. The van der Waals surface area contributed by atoms with Crippen molar-refractivity contribution in [2.24, 2.45) is 0 Å². The lowest BCUT2D eigenvalue weighted by Gasteiger charge is -2.23. The molecule has 1 aromatic rings. The van der Waals surface area contributed by atoms with Gasteiger partial charge in [0.2, 0.25) is 0 Å². The van der Waals surface area contributed by atoms with E-state index < -0.39 is 0 Å². The highest BCUT2D eigenvalue weighted by Crippen LogP contribution is 2.23. The van der Waals surface area contributed by atoms with Crippen LogP contribution in [0.2, 0.25) is 0 Å². The summed E-state index contributed by atoms with van der Waals surface area (Å²) in [5.74, 6) is 1.88. The summed E-state index contributed by atoms with van der Waals surface area (Å²) >= 11 is 0. The molecule has 100 valence electrons. The zero-order valence-electron chi connectivity index (χ0n) is 11.7. The van der Waals surface area contributed by atoms with Gasteiger partial charge >= 0.3 is 0 Å². The lowest BCUT2D eigenvalue weighted by Crippen LogP contribution is -2.29. The molecule has 2 rings (SSSR count). The molecule has 0 amide bonds. The van der Waals surface area contributed by atoms with Gasteiger partial charge in [0.05, 0.1) is 6.54 Å². The average molecular weight is 248 g/mol. The van der Waals surface area contributed by atoms with Crippen LogP contribution in [0.15, 0.2) is 6.07 Å². The van der Waals surface area contributed by atoms with Gasteiger partial charge in [0.1, 0.15) is 11.6 Å². The maximum Gasteiger partial charge on any atom is 0.144 e. The van der Waals surface area contributed by atoms with Crippen molar-refractivity contribution in [3.05, 3.63) is 17.6 Å². The fraction of sp³-hybridized carbons (Fsp3) is 0.714. The van der Waals surface area contributed by atoms with E-state index in [0.717, 1.165) is 36.5 Å². The molecule has 1 saturated carbocycles. The third-order valence-corrected chi connectivity index (χ3v) is 3.60. The highest BCUT2D eigenvalue weighted by molar-refractivity contribution is 5.35. The predicted octanol–water partition coefficient (Wildman–Crippen LogP) is 2.59. The first-order valence-corrected chi connectivity index (χ1v) is 6.97. The monoisotopic (exact) mass is 248 g/mol. The molecule has 1 aliphatic rings. The Hall–Kier alpha value is -1.16. The summed E-state index contributed by atoms with van der Waals surface area (Å²) in [5, 5.41) is 3.26. The van der Waals surface area contributed by atoms with Gasteiger partial charge in [0, 0.05) is 24.3 Å². The molecule has 0 aromatic carbocycles. The fourth-order valence-corrected chi connectivity index (χ4v) is 2.67. The summed E-state index contributed by atoms with van der Waals surface area (Å²) < 4.78 is 0. The number of aromatic nitrogens is 2. The summed E-state index contributed by atoms with van der Waals surface area (Å²) in [6.45, 7) is 5.86. The lowest BCUT2D eigenvalue weighted by atomic mass is 10.2. The Morgan fingerprint density at radius 2 is 2.06 bits per heavy atom. The molecule has 0 bridgehead atoms. The molecule has 0 radical (unpaired) electrons. The van der Waals surface area contributed by atoms with Crippen LogP contribution in [0.4, 0.5) is 5.82 Å². The maximum absolute atomic E-state index is 4.57. The number of anilines is 1. The van der Waals surface area contributed by atoms with Gasteiger partial charge in [-0.3, -0.25) is 4.90 Å². The first-order chi connectivity index (χ1) is 8.69. The zero-order chi connectivity index (χ0) is 13.0. The number of rotatable bonds is 5. The van der Waals surface area contributed by atoms with Gasteiger partial charge in [-0.15, -0.1) is 0 Å². The Morgan fingerprint density at radius 3 is 2.72 bits per heavy atom. The topological polar surface area (TPSA) is 41.1 Å². The average Bonchev–Trinajstić information content (AvgIpc) is 2.81. The zero-order valence-corrected chi connectivity index (χ0v) is 11.7. The van der Waals surface area contributed by atoms with E-state index >= 15 is 0 Å². The van der Waals surface area contributed by atoms with Crippen molar-refractivity contribution in [1.29, 1.82) is 0 Å². The standard InChI is InChI=1S/C14H24N4/c1-4-15-13-9-11(2)16-14(17-13)10-18(3)12-7-5-6-8-12/h9,12H,4-8,10H2,1-3H3,(H,15,16,17). The van der Waals surface area contributed by atoms with Crippen molar-refractivity contribution < 1.29 is 0 Å². The molecule has 4 heteroatoms. The van der Waals surface area contributed by atoms with Gasteiger partial charge in [-0.1, -0.05) is 12.8 Å². The molecule has 1 aromatic heterocycles. The summed E-state index contributed by atoms with van der Waals surface area (Å²) in [6.07, 6.45) is 5.38. The Labute approximate surface area is 110 Å². The molecule has 1 N–H and O–H groups in total. The van der Waals surface area contributed by atoms with Crippen LogP contribution in [0.3, 0.4) is 0 Å². The van der Waals surface area contributed by atoms with Crippen molar-refractivity contribution in [1.82, 2.24) is 14.9 Å². The normalized spacial score (nSPS) is 16.4. The quantitative estimate of drug-likeness (QED) is 0.869. The second-order valence-corrected chi connectivity index (χ2v) is 5.19. The molecule has 0 saturated heterocycles. The summed E-state index contributed by atoms with van der Waals surface area (Å²) in [6, 6.07) is 2.72. The van der Waals surface area contributed by atoms with Gasteiger partial charge in [0.15, 0.2) is 0 Å². The minimum absolute atomic E-state index is 0.719.